The molecule has 146 valence electrons. The molecule has 1 amide bonds. The van der Waals surface area contributed by atoms with Gasteiger partial charge in [-0.15, -0.1) is 0 Å². The van der Waals surface area contributed by atoms with E-state index in [0.29, 0.717) is 0 Å². The molecular formula is C22H27N5O. The average Bonchev–Trinajstić information content (AvgIpc) is 3.00. The molecule has 3 aromatic rings. The van der Waals surface area contributed by atoms with Crippen LogP contribution in [0.2, 0.25) is 0 Å². The van der Waals surface area contributed by atoms with Crippen LogP contribution in [0.3, 0.4) is 0 Å². The topological polar surface area (TPSA) is 62.5 Å². The summed E-state index contributed by atoms with van der Waals surface area (Å²) >= 11 is 0. The molecule has 0 atom stereocenters. The Morgan fingerprint density at radius 2 is 2.00 bits per heavy atom. The molecule has 0 radical (unpaired) electrons. The summed E-state index contributed by atoms with van der Waals surface area (Å²) in [5.74, 6) is 1.72. The smallest absolute Gasteiger partial charge is 0.230 e. The van der Waals surface area contributed by atoms with E-state index in [1.165, 1.54) is 12.8 Å². The number of carbonyl (C=O) groups is 1. The highest BCUT2D eigenvalue weighted by molar-refractivity contribution is 5.92. The van der Waals surface area contributed by atoms with Crippen molar-refractivity contribution in [1.29, 1.82) is 0 Å². The molecule has 0 aliphatic carbocycles. The summed E-state index contributed by atoms with van der Waals surface area (Å²) in [4.78, 5) is 24.1. The summed E-state index contributed by atoms with van der Waals surface area (Å²) in [6.07, 6.45) is 6.40. The number of aromatic nitrogens is 3. The lowest BCUT2D eigenvalue weighted by Gasteiger charge is -2.31. The van der Waals surface area contributed by atoms with Crippen molar-refractivity contribution < 1.29 is 4.79 Å². The third-order valence-corrected chi connectivity index (χ3v) is 5.61. The van der Waals surface area contributed by atoms with Crippen molar-refractivity contribution in [2.45, 2.75) is 40.0 Å². The first-order chi connectivity index (χ1) is 13.5. The van der Waals surface area contributed by atoms with E-state index in [1.807, 2.05) is 48.7 Å². The van der Waals surface area contributed by atoms with Crippen LogP contribution >= 0.6 is 0 Å². The third kappa shape index (κ3) is 3.72. The summed E-state index contributed by atoms with van der Waals surface area (Å²) in [5.41, 5.74) is 4.54. The maximum Gasteiger partial charge on any atom is 0.230 e. The number of hydrogen-bond donors (Lipinski definition) is 1. The van der Waals surface area contributed by atoms with E-state index in [0.717, 1.165) is 53.1 Å². The Morgan fingerprint density at radius 3 is 2.71 bits per heavy atom. The Morgan fingerprint density at radius 1 is 1.21 bits per heavy atom. The highest BCUT2D eigenvalue weighted by atomic mass is 16.1. The number of nitrogens with one attached hydrogen (secondary N) is 1. The molecule has 3 aromatic heterocycles. The van der Waals surface area contributed by atoms with Crippen LogP contribution in [0.4, 0.5) is 11.5 Å². The van der Waals surface area contributed by atoms with Crippen molar-refractivity contribution in [3.63, 3.8) is 0 Å². The zero-order valence-electron chi connectivity index (χ0n) is 16.8. The highest BCUT2D eigenvalue weighted by Gasteiger charge is 2.17. The zero-order valence-corrected chi connectivity index (χ0v) is 16.8. The molecule has 4 rings (SSSR count). The molecule has 0 saturated carbocycles. The first kappa shape index (κ1) is 18.5. The van der Waals surface area contributed by atoms with Gasteiger partial charge < -0.3 is 14.6 Å². The quantitative estimate of drug-likeness (QED) is 0.752. The molecule has 1 aliphatic rings. The van der Waals surface area contributed by atoms with E-state index >= 15 is 0 Å². The molecule has 28 heavy (non-hydrogen) atoms. The number of amides is 1. The minimum absolute atomic E-state index is 0.0623. The lowest BCUT2D eigenvalue weighted by Crippen LogP contribution is -2.33. The van der Waals surface area contributed by atoms with E-state index in [-0.39, 0.29) is 12.3 Å². The van der Waals surface area contributed by atoms with Gasteiger partial charge >= 0.3 is 0 Å². The predicted molar refractivity (Wildman–Crippen MR) is 112 cm³/mol. The number of hydrogen-bond acceptors (Lipinski definition) is 4. The van der Waals surface area contributed by atoms with Gasteiger partial charge in [0.15, 0.2) is 0 Å². The van der Waals surface area contributed by atoms with Gasteiger partial charge in [-0.3, -0.25) is 4.79 Å². The van der Waals surface area contributed by atoms with Gasteiger partial charge in [-0.1, -0.05) is 13.0 Å². The van der Waals surface area contributed by atoms with Gasteiger partial charge in [0.1, 0.15) is 11.5 Å². The lowest BCUT2D eigenvalue weighted by atomic mass is 9.99. The van der Waals surface area contributed by atoms with Gasteiger partial charge in [-0.25, -0.2) is 9.97 Å². The van der Waals surface area contributed by atoms with Gasteiger partial charge in [0, 0.05) is 19.3 Å². The maximum absolute atomic E-state index is 12.6. The highest BCUT2D eigenvalue weighted by Crippen LogP contribution is 2.22. The van der Waals surface area contributed by atoms with Gasteiger partial charge in [0.25, 0.3) is 0 Å². The van der Waals surface area contributed by atoms with Crippen LogP contribution in [0.15, 0.2) is 36.7 Å². The summed E-state index contributed by atoms with van der Waals surface area (Å²) in [5, 5.41) is 2.96. The second-order valence-electron chi connectivity index (χ2n) is 7.83. The molecule has 1 fully saturated rings. The molecule has 4 heterocycles. The standard InChI is InChI=1S/C22H27N5O/c1-15-8-11-26(12-9-15)20-7-6-18(14-23-20)25-21(28)13-19-17(3)24-22-16(2)5-4-10-27(19)22/h4-7,10,14-15H,8-9,11-13H2,1-3H3,(H,25,28). The molecule has 6 nitrogen and oxygen atoms in total. The number of carbonyl (C=O) groups excluding carboxylic acids is 1. The van der Waals surface area contributed by atoms with Crippen molar-refractivity contribution in [2.75, 3.05) is 23.3 Å². The molecule has 0 unspecified atom stereocenters. The molecule has 0 aromatic carbocycles. The lowest BCUT2D eigenvalue weighted by molar-refractivity contribution is -0.115. The van der Waals surface area contributed by atoms with Crippen molar-refractivity contribution in [3.05, 3.63) is 53.6 Å². The van der Waals surface area contributed by atoms with E-state index in [4.69, 9.17) is 0 Å². The maximum atomic E-state index is 12.6. The number of rotatable bonds is 4. The van der Waals surface area contributed by atoms with Crippen molar-refractivity contribution in [1.82, 2.24) is 14.4 Å². The number of fused-ring (bicyclic) bond motifs is 1. The van der Waals surface area contributed by atoms with Gasteiger partial charge in [-0.05, 0) is 56.4 Å². The molecule has 0 bridgehead atoms. The number of imidazole rings is 1. The largest absolute Gasteiger partial charge is 0.357 e. The van der Waals surface area contributed by atoms with Crippen LogP contribution < -0.4 is 10.2 Å². The van der Waals surface area contributed by atoms with Crippen molar-refractivity contribution in [3.8, 4) is 0 Å². The Balaban J connectivity index is 1.43. The molecular weight excluding hydrogens is 350 g/mol. The predicted octanol–water partition coefficient (Wildman–Crippen LogP) is 3.76. The number of anilines is 2. The Labute approximate surface area is 165 Å². The van der Waals surface area contributed by atoms with E-state index in [9.17, 15) is 4.79 Å². The zero-order chi connectivity index (χ0) is 19.7. The Kier molecular flexibility index (Phi) is 5.03. The summed E-state index contributed by atoms with van der Waals surface area (Å²) in [7, 11) is 0. The fourth-order valence-corrected chi connectivity index (χ4v) is 3.82. The monoisotopic (exact) mass is 377 g/mol. The second kappa shape index (κ2) is 7.62. The molecule has 6 heteroatoms. The van der Waals surface area contributed by atoms with E-state index in [2.05, 4.69) is 27.1 Å². The first-order valence-electron chi connectivity index (χ1n) is 9.95. The minimum Gasteiger partial charge on any atom is -0.357 e. The minimum atomic E-state index is -0.0623. The van der Waals surface area contributed by atoms with Crippen LogP contribution in [0.1, 0.15) is 36.7 Å². The van der Waals surface area contributed by atoms with Crippen LogP contribution in [0.5, 0.6) is 0 Å². The van der Waals surface area contributed by atoms with Crippen LogP contribution in [0.25, 0.3) is 5.65 Å². The molecule has 1 aliphatic heterocycles. The summed E-state index contributed by atoms with van der Waals surface area (Å²) in [6.45, 7) is 8.38. The summed E-state index contributed by atoms with van der Waals surface area (Å²) in [6, 6.07) is 7.94. The molecule has 1 N–H and O–H groups in total. The van der Waals surface area contributed by atoms with Crippen LogP contribution in [0, 0.1) is 19.8 Å². The first-order valence-corrected chi connectivity index (χ1v) is 9.95. The van der Waals surface area contributed by atoms with E-state index < -0.39 is 0 Å². The van der Waals surface area contributed by atoms with Crippen LogP contribution in [-0.2, 0) is 11.2 Å². The van der Waals surface area contributed by atoms with E-state index in [1.54, 1.807) is 6.20 Å². The number of nitrogens with zero attached hydrogens (tertiary/aromatic N) is 4. The van der Waals surface area contributed by atoms with Gasteiger partial charge in [-0.2, -0.15) is 0 Å². The van der Waals surface area contributed by atoms with Gasteiger partial charge in [0.2, 0.25) is 5.91 Å². The fourth-order valence-electron chi connectivity index (χ4n) is 3.82. The third-order valence-electron chi connectivity index (χ3n) is 5.61. The Hall–Kier alpha value is -2.89. The Bertz CT molecular complexity index is 984. The molecule has 1 saturated heterocycles. The number of piperidine rings is 1. The number of pyridine rings is 2. The van der Waals surface area contributed by atoms with Gasteiger partial charge in [0.05, 0.1) is 29.7 Å². The SMILES string of the molecule is Cc1nc2c(C)cccn2c1CC(=O)Nc1ccc(N2CCC(C)CC2)nc1. The van der Waals surface area contributed by atoms with Crippen molar-refractivity contribution in [2.24, 2.45) is 5.92 Å². The second-order valence-corrected chi connectivity index (χ2v) is 7.83. The fraction of sp³-hybridized carbons (Fsp3) is 0.409. The molecule has 0 spiro atoms. The number of aryl methyl sites for hydroxylation is 2. The average molecular weight is 377 g/mol. The van der Waals surface area contributed by atoms with Crippen molar-refractivity contribution >= 4 is 23.1 Å². The summed E-state index contributed by atoms with van der Waals surface area (Å²) < 4.78 is 2.00. The van der Waals surface area contributed by atoms with Crippen LogP contribution in [-0.4, -0.2) is 33.4 Å². The normalized spacial score (nSPS) is 15.2.